The molecule has 7 nitrogen and oxygen atoms in total. The van der Waals surface area contributed by atoms with E-state index < -0.39 is 27.4 Å². The number of hydrogen-bond acceptors (Lipinski definition) is 5. The summed E-state index contributed by atoms with van der Waals surface area (Å²) < 4.78 is 26.0. The lowest BCUT2D eigenvalue weighted by Crippen LogP contribution is -2.38. The lowest BCUT2D eigenvalue weighted by Gasteiger charge is -2.27. The molecule has 2 aromatic carbocycles. The summed E-state index contributed by atoms with van der Waals surface area (Å²) in [6, 6.07) is 12.9. The van der Waals surface area contributed by atoms with E-state index in [9.17, 15) is 18.3 Å². The molecule has 1 aliphatic heterocycles. The van der Waals surface area contributed by atoms with Gasteiger partial charge in [-0.25, -0.2) is 13.8 Å². The van der Waals surface area contributed by atoms with Gasteiger partial charge in [-0.05, 0) is 25.1 Å². The van der Waals surface area contributed by atoms with Crippen molar-refractivity contribution in [3.05, 3.63) is 70.4 Å². The lowest BCUT2D eigenvalue weighted by molar-refractivity contribution is -0.118. The third kappa shape index (κ3) is 3.29. The first-order valence-electron chi connectivity index (χ1n) is 7.86. The van der Waals surface area contributed by atoms with Crippen molar-refractivity contribution in [3.8, 4) is 0 Å². The fourth-order valence-corrected chi connectivity index (χ4v) is 4.36. The number of amides is 1. The highest BCUT2D eigenvalue weighted by atomic mass is 35.5. The second-order valence-electron chi connectivity index (χ2n) is 5.78. The average molecular weight is 406 g/mol. The first kappa shape index (κ1) is 18.9. The lowest BCUT2D eigenvalue weighted by atomic mass is 10.1. The number of nitrogens with one attached hydrogen (secondary N) is 1. The van der Waals surface area contributed by atoms with Crippen LogP contribution in [0, 0.1) is 0 Å². The van der Waals surface area contributed by atoms with Crippen molar-refractivity contribution >= 4 is 39.0 Å². The normalized spacial score (nSPS) is 16.1. The zero-order chi connectivity index (χ0) is 19.8. The van der Waals surface area contributed by atoms with Crippen molar-refractivity contribution < 1.29 is 18.3 Å². The van der Waals surface area contributed by atoms with Crippen LogP contribution in [0.4, 0.5) is 0 Å². The minimum atomic E-state index is -3.96. The second-order valence-corrected chi connectivity index (χ2v) is 8.13. The van der Waals surface area contributed by atoms with E-state index in [-0.39, 0.29) is 10.5 Å². The molecule has 0 fully saturated rings. The molecule has 0 saturated carbocycles. The summed E-state index contributed by atoms with van der Waals surface area (Å²) in [6.45, 7) is 1.65. The van der Waals surface area contributed by atoms with E-state index in [0.717, 1.165) is 4.31 Å². The van der Waals surface area contributed by atoms with Crippen molar-refractivity contribution in [2.75, 3.05) is 7.05 Å². The molecule has 1 heterocycles. The SMILES string of the molecule is C/C(=N\NC(=O)C1=C(O)c2ccccc2S(=O)(=O)N1C)c1ccccc1Cl. The molecule has 0 saturated heterocycles. The number of fused-ring (bicyclic) bond motifs is 1. The Balaban J connectivity index is 1.97. The molecule has 27 heavy (non-hydrogen) atoms. The molecule has 0 atom stereocenters. The minimum absolute atomic E-state index is 0.0626. The summed E-state index contributed by atoms with van der Waals surface area (Å²) in [5.74, 6) is -1.30. The first-order chi connectivity index (χ1) is 12.7. The standard InChI is InChI=1S/C18H16ClN3O4S/c1-11(12-7-3-5-9-14(12)19)20-21-18(24)16-17(23)13-8-4-6-10-15(13)27(25,26)22(16)2/h3-10,23H,1-2H3,(H,21,24)/b20-11+. The zero-order valence-electron chi connectivity index (χ0n) is 14.5. The number of aliphatic hydroxyl groups excluding tert-OH is 1. The molecule has 0 aliphatic carbocycles. The minimum Gasteiger partial charge on any atom is -0.505 e. The Morgan fingerprint density at radius 1 is 1.15 bits per heavy atom. The topological polar surface area (TPSA) is 99.1 Å². The van der Waals surface area contributed by atoms with E-state index in [1.165, 1.54) is 19.2 Å². The summed E-state index contributed by atoms with van der Waals surface area (Å²) in [4.78, 5) is 12.5. The molecule has 0 unspecified atom stereocenters. The molecule has 1 aliphatic rings. The summed E-state index contributed by atoms with van der Waals surface area (Å²) >= 11 is 6.09. The number of likely N-dealkylation sites (N-methyl/N-ethyl adjacent to an activating group) is 1. The maximum Gasteiger partial charge on any atom is 0.292 e. The number of rotatable bonds is 3. The molecule has 0 spiro atoms. The summed E-state index contributed by atoms with van der Waals surface area (Å²) in [7, 11) is -2.76. The Labute approximate surface area is 161 Å². The number of carbonyl (C=O) groups is 1. The van der Waals surface area contributed by atoms with Crippen molar-refractivity contribution in [2.45, 2.75) is 11.8 Å². The molecule has 3 rings (SSSR count). The predicted molar refractivity (Wildman–Crippen MR) is 103 cm³/mol. The molecule has 0 aromatic heterocycles. The quantitative estimate of drug-likeness (QED) is 0.605. The van der Waals surface area contributed by atoms with Crippen LogP contribution in [0.25, 0.3) is 5.76 Å². The van der Waals surface area contributed by atoms with Gasteiger partial charge in [0, 0.05) is 23.2 Å². The van der Waals surface area contributed by atoms with E-state index in [1.807, 2.05) is 0 Å². The molecule has 1 amide bonds. The van der Waals surface area contributed by atoms with Gasteiger partial charge in [0.1, 0.15) is 0 Å². The number of benzene rings is 2. The van der Waals surface area contributed by atoms with Gasteiger partial charge in [-0.15, -0.1) is 0 Å². The maximum absolute atomic E-state index is 12.6. The zero-order valence-corrected chi connectivity index (χ0v) is 16.0. The number of aliphatic hydroxyl groups is 1. The summed E-state index contributed by atoms with van der Waals surface area (Å²) in [5, 5.41) is 14.9. The van der Waals surface area contributed by atoms with Gasteiger partial charge in [0.2, 0.25) is 0 Å². The summed E-state index contributed by atoms with van der Waals surface area (Å²) in [6.07, 6.45) is 0. The van der Waals surface area contributed by atoms with Crippen LogP contribution in [0.15, 0.2) is 64.2 Å². The number of sulfonamides is 1. The van der Waals surface area contributed by atoms with Gasteiger partial charge in [-0.1, -0.05) is 41.9 Å². The third-order valence-corrected chi connectivity index (χ3v) is 6.27. The number of carbonyl (C=O) groups excluding carboxylic acids is 1. The van der Waals surface area contributed by atoms with Gasteiger partial charge in [0.15, 0.2) is 11.5 Å². The smallest absolute Gasteiger partial charge is 0.292 e. The van der Waals surface area contributed by atoms with Gasteiger partial charge < -0.3 is 5.11 Å². The van der Waals surface area contributed by atoms with Gasteiger partial charge in [-0.2, -0.15) is 5.10 Å². The van der Waals surface area contributed by atoms with Crippen molar-refractivity contribution in [1.82, 2.24) is 9.73 Å². The van der Waals surface area contributed by atoms with Gasteiger partial charge in [0.25, 0.3) is 15.9 Å². The van der Waals surface area contributed by atoms with Crippen molar-refractivity contribution in [1.29, 1.82) is 0 Å². The highest BCUT2D eigenvalue weighted by molar-refractivity contribution is 7.89. The van der Waals surface area contributed by atoms with Crippen LogP contribution in [0.2, 0.25) is 5.02 Å². The molecule has 2 N–H and O–H groups in total. The van der Waals surface area contributed by atoms with Gasteiger partial charge in [0.05, 0.1) is 10.6 Å². The third-order valence-electron chi connectivity index (χ3n) is 4.12. The van der Waals surface area contributed by atoms with Crippen LogP contribution in [0.5, 0.6) is 0 Å². The summed E-state index contributed by atoms with van der Waals surface area (Å²) in [5.41, 5.74) is 2.97. The molecule has 9 heteroatoms. The Morgan fingerprint density at radius 3 is 2.48 bits per heavy atom. The fourth-order valence-electron chi connectivity index (χ4n) is 2.68. The van der Waals surface area contributed by atoms with E-state index in [0.29, 0.717) is 16.3 Å². The van der Waals surface area contributed by atoms with Crippen LogP contribution in [-0.4, -0.2) is 36.5 Å². The monoisotopic (exact) mass is 405 g/mol. The van der Waals surface area contributed by atoms with Crippen LogP contribution in [0.3, 0.4) is 0 Å². The van der Waals surface area contributed by atoms with Crippen LogP contribution < -0.4 is 5.43 Å². The van der Waals surface area contributed by atoms with Gasteiger partial charge in [-0.3, -0.25) is 9.10 Å². The van der Waals surface area contributed by atoms with Crippen LogP contribution in [-0.2, 0) is 14.8 Å². The number of halogens is 1. The van der Waals surface area contributed by atoms with E-state index in [4.69, 9.17) is 11.6 Å². The number of hydrogen-bond donors (Lipinski definition) is 2. The average Bonchev–Trinajstić information content (AvgIpc) is 2.65. The Hall–Kier alpha value is -2.84. The maximum atomic E-state index is 12.6. The molecule has 2 aromatic rings. The molecule has 140 valence electrons. The molecular formula is C18H16ClN3O4S. The Bertz CT molecular complexity index is 1090. The van der Waals surface area contributed by atoms with Crippen molar-refractivity contribution in [3.63, 3.8) is 0 Å². The number of hydrazone groups is 1. The Morgan fingerprint density at radius 2 is 1.78 bits per heavy atom. The molecule has 0 radical (unpaired) electrons. The molecular weight excluding hydrogens is 390 g/mol. The highest BCUT2D eigenvalue weighted by Gasteiger charge is 2.37. The van der Waals surface area contributed by atoms with Gasteiger partial charge >= 0.3 is 0 Å². The van der Waals surface area contributed by atoms with E-state index in [1.54, 1.807) is 43.3 Å². The van der Waals surface area contributed by atoms with Crippen LogP contribution >= 0.6 is 11.6 Å². The number of nitrogens with zero attached hydrogens (tertiary/aromatic N) is 2. The Kier molecular flexibility index (Phi) is 4.95. The van der Waals surface area contributed by atoms with E-state index in [2.05, 4.69) is 10.5 Å². The fraction of sp³-hybridized carbons (Fsp3) is 0.111. The van der Waals surface area contributed by atoms with Crippen molar-refractivity contribution in [2.24, 2.45) is 5.10 Å². The highest BCUT2D eigenvalue weighted by Crippen LogP contribution is 2.34. The second kappa shape index (κ2) is 7.05. The molecule has 0 bridgehead atoms. The predicted octanol–water partition coefficient (Wildman–Crippen LogP) is 2.74. The van der Waals surface area contributed by atoms with E-state index >= 15 is 0 Å². The first-order valence-corrected chi connectivity index (χ1v) is 9.68. The largest absolute Gasteiger partial charge is 0.505 e. The van der Waals surface area contributed by atoms with Crippen LogP contribution in [0.1, 0.15) is 18.1 Å².